The zero-order valence-corrected chi connectivity index (χ0v) is 13.4. The minimum Gasteiger partial charge on any atom is -0.360 e. The number of hydrogen-bond acceptors (Lipinski definition) is 8. The Balaban J connectivity index is 1.56. The van der Waals surface area contributed by atoms with Gasteiger partial charge in [0.05, 0.1) is 29.9 Å². The summed E-state index contributed by atoms with van der Waals surface area (Å²) in [6.07, 6.45) is 5.25. The van der Waals surface area contributed by atoms with Gasteiger partial charge in [-0.1, -0.05) is 5.16 Å². The van der Waals surface area contributed by atoms with E-state index in [0.717, 1.165) is 16.6 Å². The number of nitrogens with one attached hydrogen (secondary N) is 1. The van der Waals surface area contributed by atoms with Crippen molar-refractivity contribution < 1.29 is 4.52 Å². The van der Waals surface area contributed by atoms with Gasteiger partial charge in [-0.05, 0) is 6.92 Å². The molecule has 0 saturated carbocycles. The van der Waals surface area contributed by atoms with Gasteiger partial charge >= 0.3 is 0 Å². The fourth-order valence-electron chi connectivity index (χ4n) is 2.41. The van der Waals surface area contributed by atoms with Crippen LogP contribution in [0.2, 0.25) is 0 Å². The normalized spacial score (nSPS) is 11.3. The topological polar surface area (TPSA) is 112 Å². The lowest BCUT2D eigenvalue weighted by Gasteiger charge is -2.05. The first-order chi connectivity index (χ1) is 11.6. The van der Waals surface area contributed by atoms with E-state index in [1.807, 2.05) is 27.2 Å². The molecule has 10 heteroatoms. The maximum absolute atomic E-state index is 5.27. The van der Waals surface area contributed by atoms with E-state index in [0.29, 0.717) is 29.9 Å². The van der Waals surface area contributed by atoms with Crippen molar-refractivity contribution in [2.24, 2.45) is 14.1 Å². The number of rotatable bonds is 4. The molecule has 0 spiro atoms. The summed E-state index contributed by atoms with van der Waals surface area (Å²) < 4.78 is 8.67. The summed E-state index contributed by atoms with van der Waals surface area (Å²) in [5, 5.41) is 16.3. The molecule has 0 unspecified atom stereocenters. The Bertz CT molecular complexity index is 1010. The molecular formula is C14H15N9O. The van der Waals surface area contributed by atoms with E-state index in [2.05, 4.69) is 35.6 Å². The van der Waals surface area contributed by atoms with Crippen LogP contribution in [0.4, 0.5) is 5.82 Å². The maximum Gasteiger partial charge on any atom is 0.246 e. The van der Waals surface area contributed by atoms with Crippen LogP contribution in [0.5, 0.6) is 0 Å². The predicted octanol–water partition coefficient (Wildman–Crippen LogP) is 1.07. The first-order valence-electron chi connectivity index (χ1n) is 7.32. The van der Waals surface area contributed by atoms with Gasteiger partial charge in [-0.15, -0.1) is 0 Å². The molecule has 0 amide bonds. The van der Waals surface area contributed by atoms with Crippen LogP contribution in [0, 0.1) is 6.92 Å². The Morgan fingerprint density at radius 2 is 2.00 bits per heavy atom. The van der Waals surface area contributed by atoms with Gasteiger partial charge in [-0.3, -0.25) is 9.36 Å². The lowest BCUT2D eigenvalue weighted by molar-refractivity contribution is 0.384. The molecule has 4 aromatic rings. The molecule has 0 bridgehead atoms. The van der Waals surface area contributed by atoms with E-state index in [9.17, 15) is 0 Å². The molecule has 0 atom stereocenters. The van der Waals surface area contributed by atoms with Gasteiger partial charge in [-0.2, -0.15) is 15.2 Å². The minimum atomic E-state index is 0.355. The minimum absolute atomic E-state index is 0.355. The lowest BCUT2D eigenvalue weighted by Crippen LogP contribution is -2.05. The number of fused-ring (bicyclic) bond motifs is 1. The van der Waals surface area contributed by atoms with Crippen molar-refractivity contribution >= 4 is 16.9 Å². The highest BCUT2D eigenvalue weighted by atomic mass is 16.5. The van der Waals surface area contributed by atoms with Crippen LogP contribution in [-0.2, 0) is 20.6 Å². The van der Waals surface area contributed by atoms with E-state index in [1.54, 1.807) is 21.8 Å². The molecule has 4 heterocycles. The van der Waals surface area contributed by atoms with Crippen LogP contribution in [0.3, 0.4) is 0 Å². The molecule has 0 radical (unpaired) electrons. The van der Waals surface area contributed by atoms with Crippen LogP contribution >= 0.6 is 0 Å². The number of aryl methyl sites for hydroxylation is 3. The average Bonchev–Trinajstić information content (AvgIpc) is 3.26. The molecule has 24 heavy (non-hydrogen) atoms. The SMILES string of the molecule is Cc1nc(NCc2nc(-c3cnn(C)c3)no2)c2cnn(C)c2n1. The summed E-state index contributed by atoms with van der Waals surface area (Å²) in [5.41, 5.74) is 1.58. The third-order valence-electron chi connectivity index (χ3n) is 3.54. The van der Waals surface area contributed by atoms with E-state index in [4.69, 9.17) is 4.52 Å². The van der Waals surface area contributed by atoms with Gasteiger partial charge < -0.3 is 9.84 Å². The molecule has 4 aromatic heterocycles. The van der Waals surface area contributed by atoms with Gasteiger partial charge in [0.1, 0.15) is 11.6 Å². The van der Waals surface area contributed by atoms with Gasteiger partial charge in [0.15, 0.2) is 5.65 Å². The predicted molar refractivity (Wildman–Crippen MR) is 84.9 cm³/mol. The smallest absolute Gasteiger partial charge is 0.246 e. The molecule has 0 aliphatic rings. The van der Waals surface area contributed by atoms with Crippen LogP contribution in [0.15, 0.2) is 23.1 Å². The number of aromatic nitrogens is 8. The second-order valence-corrected chi connectivity index (χ2v) is 5.39. The number of hydrogen-bond donors (Lipinski definition) is 1. The molecular weight excluding hydrogens is 310 g/mol. The summed E-state index contributed by atoms with van der Waals surface area (Å²) in [7, 11) is 3.68. The monoisotopic (exact) mass is 325 g/mol. The third-order valence-corrected chi connectivity index (χ3v) is 3.54. The number of nitrogens with zero attached hydrogens (tertiary/aromatic N) is 8. The maximum atomic E-state index is 5.27. The zero-order chi connectivity index (χ0) is 16.7. The molecule has 0 aliphatic heterocycles. The molecule has 0 fully saturated rings. The Morgan fingerprint density at radius 3 is 2.79 bits per heavy atom. The Morgan fingerprint density at radius 1 is 1.12 bits per heavy atom. The fourth-order valence-corrected chi connectivity index (χ4v) is 2.41. The van der Waals surface area contributed by atoms with Gasteiger partial charge in [0, 0.05) is 20.3 Å². The van der Waals surface area contributed by atoms with Crippen LogP contribution < -0.4 is 5.32 Å². The van der Waals surface area contributed by atoms with Crippen molar-refractivity contribution in [3.8, 4) is 11.4 Å². The van der Waals surface area contributed by atoms with E-state index in [1.165, 1.54) is 0 Å². The summed E-state index contributed by atoms with van der Waals surface area (Å²) in [6, 6.07) is 0. The van der Waals surface area contributed by atoms with E-state index in [-0.39, 0.29) is 0 Å². The van der Waals surface area contributed by atoms with E-state index < -0.39 is 0 Å². The van der Waals surface area contributed by atoms with Crippen LogP contribution in [0.1, 0.15) is 11.7 Å². The summed E-state index contributed by atoms with van der Waals surface area (Å²) in [4.78, 5) is 13.2. The first-order valence-corrected chi connectivity index (χ1v) is 7.32. The fraction of sp³-hybridized carbons (Fsp3) is 0.286. The summed E-state index contributed by atoms with van der Waals surface area (Å²) in [6.45, 7) is 2.19. The van der Waals surface area contributed by atoms with Crippen molar-refractivity contribution in [1.29, 1.82) is 0 Å². The van der Waals surface area contributed by atoms with Crippen molar-refractivity contribution in [3.05, 3.63) is 30.3 Å². The highest BCUT2D eigenvalue weighted by Crippen LogP contribution is 2.20. The molecule has 10 nitrogen and oxygen atoms in total. The zero-order valence-electron chi connectivity index (χ0n) is 13.4. The standard InChI is InChI=1S/C14H15N9O/c1-8-18-13(10-5-17-23(3)14(10)19-8)15-6-11-20-12(21-24-11)9-4-16-22(2)7-9/h4-5,7H,6H2,1-3H3,(H,15,18,19). The highest BCUT2D eigenvalue weighted by Gasteiger charge is 2.13. The molecule has 0 aromatic carbocycles. The first kappa shape index (κ1) is 14.3. The average molecular weight is 325 g/mol. The molecule has 1 N–H and O–H groups in total. The van der Waals surface area contributed by atoms with Gasteiger partial charge in [0.25, 0.3) is 0 Å². The van der Waals surface area contributed by atoms with Crippen LogP contribution in [-0.4, -0.2) is 39.7 Å². The van der Waals surface area contributed by atoms with E-state index >= 15 is 0 Å². The summed E-state index contributed by atoms with van der Waals surface area (Å²) >= 11 is 0. The molecule has 122 valence electrons. The lowest BCUT2D eigenvalue weighted by atomic mass is 10.3. The van der Waals surface area contributed by atoms with Crippen molar-refractivity contribution in [3.63, 3.8) is 0 Å². The van der Waals surface area contributed by atoms with Crippen molar-refractivity contribution in [2.45, 2.75) is 13.5 Å². The highest BCUT2D eigenvalue weighted by molar-refractivity contribution is 5.86. The van der Waals surface area contributed by atoms with Crippen LogP contribution in [0.25, 0.3) is 22.4 Å². The molecule has 0 aliphatic carbocycles. The molecule has 4 rings (SSSR count). The third kappa shape index (κ3) is 2.47. The second kappa shape index (κ2) is 5.41. The summed E-state index contributed by atoms with van der Waals surface area (Å²) in [5.74, 6) is 2.31. The Labute approximate surface area is 136 Å². The Hall–Kier alpha value is -3.30. The quantitative estimate of drug-likeness (QED) is 0.593. The van der Waals surface area contributed by atoms with Crippen molar-refractivity contribution in [1.82, 2.24) is 39.7 Å². The van der Waals surface area contributed by atoms with Crippen molar-refractivity contribution in [2.75, 3.05) is 5.32 Å². The largest absolute Gasteiger partial charge is 0.360 e. The number of anilines is 1. The second-order valence-electron chi connectivity index (χ2n) is 5.39. The van der Waals surface area contributed by atoms with Gasteiger partial charge in [-0.25, -0.2) is 9.97 Å². The Kier molecular flexibility index (Phi) is 3.22. The molecule has 0 saturated heterocycles. The van der Waals surface area contributed by atoms with Gasteiger partial charge in [0.2, 0.25) is 11.7 Å².